The monoisotopic (exact) mass is 126 g/mol. The van der Waals surface area contributed by atoms with E-state index in [-0.39, 0.29) is 12.0 Å². The molecule has 0 saturated carbocycles. The average molecular weight is 126 g/mol. The molecule has 9 heavy (non-hydrogen) atoms. The summed E-state index contributed by atoms with van der Waals surface area (Å²) in [7, 11) is 0. The molecule has 1 aliphatic carbocycles. The van der Waals surface area contributed by atoms with Crippen LogP contribution in [0.3, 0.4) is 0 Å². The molecule has 0 amide bonds. The lowest BCUT2D eigenvalue weighted by Gasteiger charge is -2.24. The summed E-state index contributed by atoms with van der Waals surface area (Å²) < 4.78 is 0. The van der Waals surface area contributed by atoms with Crippen molar-refractivity contribution in [2.24, 2.45) is 11.3 Å². The van der Waals surface area contributed by atoms with Crippen molar-refractivity contribution in [2.75, 3.05) is 6.61 Å². The zero-order chi connectivity index (χ0) is 6.91. The largest absolute Gasteiger partial charge is 0.395 e. The third kappa shape index (κ3) is 1.01. The molecule has 0 saturated heterocycles. The smallest absolute Gasteiger partial charge is 0.0521 e. The number of allylic oxidation sites excluding steroid dienone is 1. The lowest BCUT2D eigenvalue weighted by atomic mass is 9.82. The summed E-state index contributed by atoms with van der Waals surface area (Å²) in [5.74, 6) is 0.613. The van der Waals surface area contributed by atoms with Gasteiger partial charge < -0.3 is 5.11 Å². The van der Waals surface area contributed by atoms with Crippen LogP contribution >= 0.6 is 0 Å². The highest BCUT2D eigenvalue weighted by Gasteiger charge is 2.30. The molecule has 52 valence electrons. The quantitative estimate of drug-likeness (QED) is 0.529. The van der Waals surface area contributed by atoms with Gasteiger partial charge in [-0.3, -0.25) is 0 Å². The Morgan fingerprint density at radius 1 is 1.78 bits per heavy atom. The minimum absolute atomic E-state index is 0.0694. The number of aliphatic hydroxyl groups is 1. The maximum absolute atomic E-state index is 8.94. The highest BCUT2D eigenvalue weighted by atomic mass is 16.3. The van der Waals surface area contributed by atoms with Crippen LogP contribution < -0.4 is 0 Å². The molecule has 1 nitrogen and oxygen atoms in total. The molecule has 0 spiro atoms. The van der Waals surface area contributed by atoms with Crippen LogP contribution in [0.15, 0.2) is 12.2 Å². The second kappa shape index (κ2) is 2.14. The molecule has 0 heterocycles. The topological polar surface area (TPSA) is 20.2 Å². The summed E-state index contributed by atoms with van der Waals surface area (Å²) in [6, 6.07) is 0. The molecule has 0 aromatic heterocycles. The van der Waals surface area contributed by atoms with Gasteiger partial charge in [-0.25, -0.2) is 0 Å². The first-order chi connectivity index (χ1) is 4.19. The first kappa shape index (κ1) is 6.81. The summed E-state index contributed by atoms with van der Waals surface area (Å²) in [5.41, 5.74) is 0.0694. The van der Waals surface area contributed by atoms with E-state index >= 15 is 0 Å². The van der Waals surface area contributed by atoms with Crippen LogP contribution in [-0.2, 0) is 0 Å². The van der Waals surface area contributed by atoms with Gasteiger partial charge in [0.2, 0.25) is 0 Å². The van der Waals surface area contributed by atoms with Gasteiger partial charge >= 0.3 is 0 Å². The van der Waals surface area contributed by atoms with Crippen molar-refractivity contribution < 1.29 is 5.11 Å². The maximum atomic E-state index is 8.94. The molecule has 0 bridgehead atoms. The van der Waals surface area contributed by atoms with Crippen LogP contribution in [0.2, 0.25) is 0 Å². The molecule has 1 unspecified atom stereocenters. The zero-order valence-corrected chi connectivity index (χ0v) is 6.09. The van der Waals surface area contributed by atoms with Gasteiger partial charge in [0, 0.05) is 5.41 Å². The van der Waals surface area contributed by atoms with E-state index in [4.69, 9.17) is 5.11 Å². The molecule has 0 aliphatic heterocycles. The van der Waals surface area contributed by atoms with E-state index in [1.807, 2.05) is 0 Å². The highest BCUT2D eigenvalue weighted by molar-refractivity contribution is 5.07. The SMILES string of the molecule is C[C@H]1CC=CC1(C)CO. The van der Waals surface area contributed by atoms with Crippen molar-refractivity contribution in [3.8, 4) is 0 Å². The Morgan fingerprint density at radius 3 is 2.67 bits per heavy atom. The van der Waals surface area contributed by atoms with Crippen molar-refractivity contribution in [3.63, 3.8) is 0 Å². The van der Waals surface area contributed by atoms with E-state index in [2.05, 4.69) is 26.0 Å². The highest BCUT2D eigenvalue weighted by Crippen LogP contribution is 2.36. The second-order valence-corrected chi connectivity index (χ2v) is 3.20. The van der Waals surface area contributed by atoms with Crippen LogP contribution in [0.25, 0.3) is 0 Å². The number of aliphatic hydroxyl groups excluding tert-OH is 1. The van der Waals surface area contributed by atoms with Crippen molar-refractivity contribution in [3.05, 3.63) is 12.2 Å². The van der Waals surface area contributed by atoms with E-state index in [1.165, 1.54) is 0 Å². The zero-order valence-electron chi connectivity index (χ0n) is 6.09. The van der Waals surface area contributed by atoms with Crippen LogP contribution in [-0.4, -0.2) is 11.7 Å². The Labute approximate surface area is 56.4 Å². The number of hydrogen-bond acceptors (Lipinski definition) is 1. The molecule has 1 aliphatic rings. The first-order valence-electron chi connectivity index (χ1n) is 3.47. The fourth-order valence-electron chi connectivity index (χ4n) is 1.18. The molecule has 1 rings (SSSR count). The minimum Gasteiger partial charge on any atom is -0.395 e. The molecular formula is C8H14O. The third-order valence-corrected chi connectivity index (χ3v) is 2.45. The van der Waals surface area contributed by atoms with Crippen molar-refractivity contribution >= 4 is 0 Å². The summed E-state index contributed by atoms with van der Waals surface area (Å²) >= 11 is 0. The molecule has 1 heteroatoms. The van der Waals surface area contributed by atoms with Gasteiger partial charge in [-0.15, -0.1) is 0 Å². The fraction of sp³-hybridized carbons (Fsp3) is 0.750. The Hall–Kier alpha value is -0.300. The molecular weight excluding hydrogens is 112 g/mol. The van der Waals surface area contributed by atoms with Crippen molar-refractivity contribution in [1.82, 2.24) is 0 Å². The van der Waals surface area contributed by atoms with Gasteiger partial charge in [0.15, 0.2) is 0 Å². The summed E-state index contributed by atoms with van der Waals surface area (Å²) in [6.07, 6.45) is 5.40. The van der Waals surface area contributed by atoms with Crippen molar-refractivity contribution in [1.29, 1.82) is 0 Å². The first-order valence-corrected chi connectivity index (χ1v) is 3.47. The normalized spacial score (nSPS) is 41.9. The van der Waals surface area contributed by atoms with Gasteiger partial charge in [0.25, 0.3) is 0 Å². The standard InChI is InChI=1S/C8H14O/c1-7-4-3-5-8(7,2)6-9/h3,5,7,9H,4,6H2,1-2H3/t7-,8?/m0/s1. The van der Waals surface area contributed by atoms with Gasteiger partial charge in [-0.05, 0) is 12.3 Å². The lowest BCUT2D eigenvalue weighted by Crippen LogP contribution is -2.23. The van der Waals surface area contributed by atoms with E-state index in [9.17, 15) is 0 Å². The van der Waals surface area contributed by atoms with Crippen LogP contribution in [0.5, 0.6) is 0 Å². The maximum Gasteiger partial charge on any atom is 0.0521 e. The Balaban J connectivity index is 2.66. The molecule has 2 atom stereocenters. The predicted octanol–water partition coefficient (Wildman–Crippen LogP) is 1.58. The molecule has 0 fully saturated rings. The number of rotatable bonds is 1. The molecule has 0 aromatic carbocycles. The second-order valence-electron chi connectivity index (χ2n) is 3.20. The van der Waals surface area contributed by atoms with Crippen LogP contribution in [0.1, 0.15) is 20.3 Å². The molecule has 0 aromatic rings. The molecule has 0 radical (unpaired) electrons. The van der Waals surface area contributed by atoms with Crippen molar-refractivity contribution in [2.45, 2.75) is 20.3 Å². The van der Waals surface area contributed by atoms with E-state index in [0.29, 0.717) is 5.92 Å². The van der Waals surface area contributed by atoms with Gasteiger partial charge in [-0.1, -0.05) is 26.0 Å². The predicted molar refractivity (Wildman–Crippen MR) is 38.1 cm³/mol. The Kier molecular flexibility index (Phi) is 1.62. The minimum atomic E-state index is 0.0694. The van der Waals surface area contributed by atoms with E-state index < -0.39 is 0 Å². The summed E-state index contributed by atoms with van der Waals surface area (Å²) in [5, 5.41) is 8.94. The Bertz CT molecular complexity index is 129. The fourth-order valence-corrected chi connectivity index (χ4v) is 1.18. The van der Waals surface area contributed by atoms with Crippen LogP contribution in [0.4, 0.5) is 0 Å². The number of hydrogen-bond donors (Lipinski definition) is 1. The van der Waals surface area contributed by atoms with Crippen LogP contribution in [0, 0.1) is 11.3 Å². The lowest BCUT2D eigenvalue weighted by molar-refractivity contribution is 0.143. The van der Waals surface area contributed by atoms with E-state index in [1.54, 1.807) is 0 Å². The summed E-state index contributed by atoms with van der Waals surface area (Å²) in [4.78, 5) is 0. The third-order valence-electron chi connectivity index (χ3n) is 2.45. The van der Waals surface area contributed by atoms with E-state index in [0.717, 1.165) is 6.42 Å². The van der Waals surface area contributed by atoms with Gasteiger partial charge in [0.1, 0.15) is 0 Å². The summed E-state index contributed by atoms with van der Waals surface area (Å²) in [6.45, 7) is 4.56. The molecule has 1 N–H and O–H groups in total. The van der Waals surface area contributed by atoms with Gasteiger partial charge in [0.05, 0.1) is 6.61 Å². The Morgan fingerprint density at radius 2 is 2.44 bits per heavy atom. The average Bonchev–Trinajstić information content (AvgIpc) is 2.15. The van der Waals surface area contributed by atoms with Gasteiger partial charge in [-0.2, -0.15) is 0 Å².